The van der Waals surface area contributed by atoms with Crippen LogP contribution in [0.4, 0.5) is 11.4 Å². The molecule has 0 aliphatic carbocycles. The van der Waals surface area contributed by atoms with E-state index in [0.717, 1.165) is 0 Å². The second-order valence-electron chi connectivity index (χ2n) is 5.11. The zero-order valence-corrected chi connectivity index (χ0v) is 13.4. The summed E-state index contributed by atoms with van der Waals surface area (Å²) in [6.45, 7) is 0.964. The average molecular weight is 347 g/mol. The van der Waals surface area contributed by atoms with Gasteiger partial charge in [-0.3, -0.25) is 9.59 Å². The number of carbonyl (C=O) groups excluding carboxylic acids is 2. The molecule has 1 aliphatic rings. The molecule has 0 unspecified atom stereocenters. The molecule has 3 rings (SSSR count). The Morgan fingerprint density at radius 3 is 2.46 bits per heavy atom. The van der Waals surface area contributed by atoms with E-state index in [0.29, 0.717) is 41.1 Å². The Morgan fingerprint density at radius 2 is 1.67 bits per heavy atom. The molecule has 0 fully saturated rings. The second-order valence-corrected chi connectivity index (χ2v) is 5.52. The molecule has 2 amide bonds. The molecule has 0 aromatic heterocycles. The van der Waals surface area contributed by atoms with Crippen molar-refractivity contribution in [1.29, 1.82) is 0 Å². The fraction of sp³-hybridized carbons (Fsp3) is 0.176. The van der Waals surface area contributed by atoms with Gasteiger partial charge in [-0.25, -0.2) is 0 Å². The summed E-state index contributed by atoms with van der Waals surface area (Å²) >= 11 is 5.96. The predicted molar refractivity (Wildman–Crippen MR) is 90.8 cm³/mol. The van der Waals surface area contributed by atoms with Crippen molar-refractivity contribution in [1.82, 2.24) is 0 Å². The Bertz CT molecular complexity index is 779. The number of ether oxygens (including phenoxy) is 2. The molecule has 2 aromatic carbocycles. The number of rotatable bonds is 4. The van der Waals surface area contributed by atoms with Gasteiger partial charge in [0.15, 0.2) is 11.5 Å². The zero-order valence-electron chi connectivity index (χ0n) is 12.7. The number of para-hydroxylation sites is 1. The van der Waals surface area contributed by atoms with Gasteiger partial charge < -0.3 is 20.1 Å². The summed E-state index contributed by atoms with van der Waals surface area (Å²) in [5, 5.41) is 5.67. The van der Waals surface area contributed by atoms with Crippen LogP contribution in [-0.4, -0.2) is 25.0 Å². The molecule has 6 nitrogen and oxygen atoms in total. The summed E-state index contributed by atoms with van der Waals surface area (Å²) in [6, 6.07) is 11.9. The maximum atomic E-state index is 12.0. The van der Waals surface area contributed by atoms with Crippen LogP contribution in [0.1, 0.15) is 6.42 Å². The van der Waals surface area contributed by atoms with Crippen molar-refractivity contribution in [2.75, 3.05) is 23.8 Å². The molecule has 7 heteroatoms. The van der Waals surface area contributed by atoms with E-state index in [9.17, 15) is 9.59 Å². The first-order valence-corrected chi connectivity index (χ1v) is 7.73. The van der Waals surface area contributed by atoms with E-state index in [4.69, 9.17) is 21.1 Å². The van der Waals surface area contributed by atoms with E-state index >= 15 is 0 Å². The maximum Gasteiger partial charge on any atom is 0.233 e. The minimum absolute atomic E-state index is 0.320. The lowest BCUT2D eigenvalue weighted by atomic mass is 10.2. The number of anilines is 2. The summed E-state index contributed by atoms with van der Waals surface area (Å²) in [5.74, 6) is 0.324. The van der Waals surface area contributed by atoms with Crippen LogP contribution in [0.25, 0.3) is 0 Å². The molecule has 124 valence electrons. The van der Waals surface area contributed by atoms with Gasteiger partial charge in [0.1, 0.15) is 19.6 Å². The first kappa shape index (κ1) is 16.1. The van der Waals surface area contributed by atoms with Crippen LogP contribution in [0.2, 0.25) is 5.02 Å². The molecular formula is C17H15ClN2O4. The topological polar surface area (TPSA) is 76.7 Å². The van der Waals surface area contributed by atoms with Crippen molar-refractivity contribution in [3.8, 4) is 11.5 Å². The van der Waals surface area contributed by atoms with Crippen LogP contribution >= 0.6 is 11.6 Å². The van der Waals surface area contributed by atoms with Crippen LogP contribution in [0.3, 0.4) is 0 Å². The number of hydrogen-bond donors (Lipinski definition) is 2. The van der Waals surface area contributed by atoms with Crippen LogP contribution in [0.5, 0.6) is 11.5 Å². The van der Waals surface area contributed by atoms with Crippen LogP contribution in [-0.2, 0) is 9.59 Å². The molecule has 0 saturated carbocycles. The third kappa shape index (κ3) is 3.97. The van der Waals surface area contributed by atoms with Crippen molar-refractivity contribution in [3.05, 3.63) is 47.5 Å². The molecule has 2 aromatic rings. The minimum atomic E-state index is -0.446. The van der Waals surface area contributed by atoms with E-state index in [2.05, 4.69) is 10.6 Å². The lowest BCUT2D eigenvalue weighted by Crippen LogP contribution is -2.22. The molecule has 1 heterocycles. The van der Waals surface area contributed by atoms with Gasteiger partial charge in [-0.1, -0.05) is 23.7 Å². The normalized spacial score (nSPS) is 12.4. The van der Waals surface area contributed by atoms with Crippen molar-refractivity contribution in [2.24, 2.45) is 0 Å². The highest BCUT2D eigenvalue weighted by Gasteiger charge is 2.15. The smallest absolute Gasteiger partial charge is 0.233 e. The molecule has 0 radical (unpaired) electrons. The first-order chi connectivity index (χ1) is 11.6. The highest BCUT2D eigenvalue weighted by atomic mass is 35.5. The van der Waals surface area contributed by atoms with E-state index in [1.165, 1.54) is 0 Å². The summed E-state index contributed by atoms with van der Waals surface area (Å²) in [6.07, 6.45) is -0.320. The van der Waals surface area contributed by atoms with Gasteiger partial charge in [-0.15, -0.1) is 0 Å². The molecule has 0 atom stereocenters. The number of amides is 2. The molecule has 0 bridgehead atoms. The quantitative estimate of drug-likeness (QED) is 0.834. The fourth-order valence-electron chi connectivity index (χ4n) is 2.23. The SMILES string of the molecule is O=C(CC(=O)Nc1ccccc1Cl)Nc1ccc2c(c1)OCCO2. The van der Waals surface area contributed by atoms with Crippen molar-refractivity contribution < 1.29 is 19.1 Å². The van der Waals surface area contributed by atoms with Gasteiger partial charge in [-0.05, 0) is 24.3 Å². The van der Waals surface area contributed by atoms with Gasteiger partial charge in [0, 0.05) is 11.8 Å². The Balaban J connectivity index is 1.57. The molecule has 1 aliphatic heterocycles. The summed E-state index contributed by atoms with van der Waals surface area (Å²) in [4.78, 5) is 23.9. The molecular weight excluding hydrogens is 332 g/mol. The second kappa shape index (κ2) is 7.23. The van der Waals surface area contributed by atoms with Crippen LogP contribution in [0, 0.1) is 0 Å². The summed E-state index contributed by atoms with van der Waals surface area (Å²) < 4.78 is 10.9. The molecule has 2 N–H and O–H groups in total. The van der Waals surface area contributed by atoms with Crippen molar-refractivity contribution in [3.63, 3.8) is 0 Å². The minimum Gasteiger partial charge on any atom is -0.486 e. The highest BCUT2D eigenvalue weighted by Crippen LogP contribution is 2.32. The van der Waals surface area contributed by atoms with Gasteiger partial charge in [0.25, 0.3) is 0 Å². The fourth-order valence-corrected chi connectivity index (χ4v) is 2.41. The van der Waals surface area contributed by atoms with Crippen LogP contribution in [0.15, 0.2) is 42.5 Å². The van der Waals surface area contributed by atoms with Crippen molar-refractivity contribution in [2.45, 2.75) is 6.42 Å². The Kier molecular flexibility index (Phi) is 4.86. The lowest BCUT2D eigenvalue weighted by Gasteiger charge is -2.19. The number of fused-ring (bicyclic) bond motifs is 1. The Hall–Kier alpha value is -2.73. The van der Waals surface area contributed by atoms with Gasteiger partial charge >= 0.3 is 0 Å². The summed E-state index contributed by atoms with van der Waals surface area (Å²) in [7, 11) is 0. The number of halogens is 1. The first-order valence-electron chi connectivity index (χ1n) is 7.36. The number of hydrogen-bond acceptors (Lipinski definition) is 4. The Labute approximate surface area is 143 Å². The maximum absolute atomic E-state index is 12.0. The van der Waals surface area contributed by atoms with Crippen molar-refractivity contribution >= 4 is 34.8 Å². The van der Waals surface area contributed by atoms with Gasteiger partial charge in [0.05, 0.1) is 10.7 Å². The number of benzene rings is 2. The molecule has 24 heavy (non-hydrogen) atoms. The monoisotopic (exact) mass is 346 g/mol. The summed E-state index contributed by atoms with van der Waals surface area (Å²) in [5.41, 5.74) is 1.01. The van der Waals surface area contributed by atoms with E-state index in [1.807, 2.05) is 0 Å². The van der Waals surface area contributed by atoms with Crippen LogP contribution < -0.4 is 20.1 Å². The van der Waals surface area contributed by atoms with Gasteiger partial charge in [0.2, 0.25) is 11.8 Å². The van der Waals surface area contributed by atoms with E-state index < -0.39 is 11.8 Å². The number of carbonyl (C=O) groups is 2. The zero-order chi connectivity index (χ0) is 16.9. The third-order valence-corrected chi connectivity index (χ3v) is 3.62. The largest absolute Gasteiger partial charge is 0.486 e. The molecule has 0 saturated heterocycles. The van der Waals surface area contributed by atoms with E-state index in [1.54, 1.807) is 42.5 Å². The standard InChI is InChI=1S/C17H15ClN2O4/c18-12-3-1-2-4-13(12)20-17(22)10-16(21)19-11-5-6-14-15(9-11)24-8-7-23-14/h1-6,9H,7-8,10H2,(H,19,21)(H,20,22). The van der Waals surface area contributed by atoms with Gasteiger partial charge in [-0.2, -0.15) is 0 Å². The Morgan fingerprint density at radius 1 is 0.958 bits per heavy atom. The third-order valence-electron chi connectivity index (χ3n) is 3.29. The van der Waals surface area contributed by atoms with E-state index in [-0.39, 0.29) is 6.42 Å². The molecule has 0 spiro atoms. The average Bonchev–Trinajstić information content (AvgIpc) is 2.56. The number of nitrogens with one attached hydrogen (secondary N) is 2. The lowest BCUT2D eigenvalue weighted by molar-refractivity contribution is -0.123. The highest BCUT2D eigenvalue weighted by molar-refractivity contribution is 6.33. The predicted octanol–water partition coefficient (Wildman–Crippen LogP) is 3.08.